The molecule has 6 heteroatoms. The number of carboxylic acids is 1. The molecular formula is C7H7ClN2O3. The summed E-state index contributed by atoms with van der Waals surface area (Å²) in [7, 11) is 0. The number of aliphatic hydroxyl groups excluding tert-OH is 1. The van der Waals surface area contributed by atoms with Crippen LogP contribution in [0.2, 0.25) is 0 Å². The van der Waals surface area contributed by atoms with E-state index in [4.69, 9.17) is 27.7 Å². The lowest BCUT2D eigenvalue weighted by Crippen LogP contribution is -2.26. The average molecular weight is 203 g/mol. The Morgan fingerprint density at radius 2 is 2.31 bits per heavy atom. The van der Waals surface area contributed by atoms with E-state index in [0.717, 1.165) is 0 Å². The van der Waals surface area contributed by atoms with Crippen molar-refractivity contribution in [1.29, 1.82) is 0 Å². The highest BCUT2D eigenvalue weighted by molar-refractivity contribution is 6.46. The van der Waals surface area contributed by atoms with Gasteiger partial charge in [-0.3, -0.25) is 4.79 Å². The van der Waals surface area contributed by atoms with Crippen LogP contribution in [-0.2, 0) is 4.79 Å². The van der Waals surface area contributed by atoms with Crippen LogP contribution in [0.5, 0.6) is 0 Å². The first kappa shape index (κ1) is 9.60. The molecule has 70 valence electrons. The van der Waals surface area contributed by atoms with Crippen molar-refractivity contribution in [2.45, 2.75) is 0 Å². The quantitative estimate of drug-likeness (QED) is 0.428. The zero-order valence-electron chi connectivity index (χ0n) is 6.44. The molecule has 0 saturated carbocycles. The summed E-state index contributed by atoms with van der Waals surface area (Å²) in [6.07, 6.45) is 2.46. The number of nitrogens with two attached hydrogens (primary N) is 1. The van der Waals surface area contributed by atoms with Crippen LogP contribution >= 0.6 is 11.6 Å². The minimum Gasteiger partial charge on any atom is -0.506 e. The Morgan fingerprint density at radius 1 is 1.69 bits per heavy atom. The Balaban J connectivity index is 3.12. The number of allylic oxidation sites excluding steroid dienone is 2. The van der Waals surface area contributed by atoms with Gasteiger partial charge in [0, 0.05) is 0 Å². The number of carboxylic acid groups (broad SMARTS) is 1. The number of aliphatic hydroxyl groups is 1. The zero-order chi connectivity index (χ0) is 10.0. The first-order valence-electron chi connectivity index (χ1n) is 3.35. The summed E-state index contributed by atoms with van der Waals surface area (Å²) in [4.78, 5) is 10.6. The van der Waals surface area contributed by atoms with E-state index >= 15 is 0 Å². The van der Waals surface area contributed by atoms with Gasteiger partial charge in [-0.2, -0.15) is 5.10 Å². The van der Waals surface area contributed by atoms with Crippen LogP contribution in [0.1, 0.15) is 0 Å². The standard InChI is InChI=1S/C7H7ClN2O3/c8-5-4(11)2-1-3(7(12)13)6(5)10-9/h1-3,11H,9H2,(H,12,13). The van der Waals surface area contributed by atoms with E-state index in [1.165, 1.54) is 12.2 Å². The van der Waals surface area contributed by atoms with Crippen molar-refractivity contribution in [3.8, 4) is 0 Å². The molecule has 0 radical (unpaired) electrons. The topological polar surface area (TPSA) is 95.9 Å². The molecule has 0 aliphatic heterocycles. The van der Waals surface area contributed by atoms with Crippen LogP contribution in [0.25, 0.3) is 0 Å². The lowest BCUT2D eigenvalue weighted by molar-refractivity contribution is -0.138. The van der Waals surface area contributed by atoms with Crippen molar-refractivity contribution >= 4 is 23.3 Å². The predicted octanol–water partition coefficient (Wildman–Crippen LogP) is 0.580. The normalized spacial score (nSPS) is 25.3. The third kappa shape index (κ3) is 1.65. The number of halogens is 1. The van der Waals surface area contributed by atoms with Crippen molar-refractivity contribution < 1.29 is 15.0 Å². The first-order valence-corrected chi connectivity index (χ1v) is 3.73. The number of hydrogen-bond donors (Lipinski definition) is 3. The number of nitrogens with zero attached hydrogens (tertiary/aromatic N) is 1. The van der Waals surface area contributed by atoms with E-state index in [-0.39, 0.29) is 16.5 Å². The van der Waals surface area contributed by atoms with E-state index in [1.807, 2.05) is 0 Å². The van der Waals surface area contributed by atoms with E-state index < -0.39 is 11.9 Å². The van der Waals surface area contributed by atoms with Crippen LogP contribution in [0.15, 0.2) is 28.0 Å². The van der Waals surface area contributed by atoms with Crippen molar-refractivity contribution in [3.05, 3.63) is 22.9 Å². The second-order valence-corrected chi connectivity index (χ2v) is 2.77. The second-order valence-electron chi connectivity index (χ2n) is 2.39. The molecule has 1 atom stereocenters. The fraction of sp³-hybridized carbons (Fsp3) is 0.143. The summed E-state index contributed by atoms with van der Waals surface area (Å²) in [5.74, 6) is 2.60. The number of hydrogen-bond acceptors (Lipinski definition) is 4. The van der Waals surface area contributed by atoms with E-state index in [0.29, 0.717) is 0 Å². The number of rotatable bonds is 1. The van der Waals surface area contributed by atoms with Crippen LogP contribution in [0.3, 0.4) is 0 Å². The van der Waals surface area contributed by atoms with Gasteiger partial charge in [0.05, 0.1) is 0 Å². The molecule has 1 rings (SSSR count). The Morgan fingerprint density at radius 3 is 2.77 bits per heavy atom. The molecule has 0 aromatic heterocycles. The molecule has 0 fully saturated rings. The van der Waals surface area contributed by atoms with Crippen LogP contribution in [0, 0.1) is 5.92 Å². The average Bonchev–Trinajstić information content (AvgIpc) is 2.09. The minimum atomic E-state index is -1.12. The Hall–Kier alpha value is -1.49. The summed E-state index contributed by atoms with van der Waals surface area (Å²) >= 11 is 5.58. The zero-order valence-corrected chi connectivity index (χ0v) is 7.19. The largest absolute Gasteiger partial charge is 0.506 e. The summed E-state index contributed by atoms with van der Waals surface area (Å²) in [6, 6.07) is 0. The highest BCUT2D eigenvalue weighted by atomic mass is 35.5. The molecule has 4 N–H and O–H groups in total. The van der Waals surface area contributed by atoms with Crippen LogP contribution in [-0.4, -0.2) is 21.9 Å². The molecule has 13 heavy (non-hydrogen) atoms. The molecule has 0 spiro atoms. The van der Waals surface area contributed by atoms with Gasteiger partial charge in [-0.1, -0.05) is 17.7 Å². The second kappa shape index (κ2) is 3.49. The molecule has 1 aliphatic carbocycles. The smallest absolute Gasteiger partial charge is 0.316 e. The molecule has 0 amide bonds. The van der Waals surface area contributed by atoms with Crippen molar-refractivity contribution in [3.63, 3.8) is 0 Å². The molecule has 0 saturated heterocycles. The third-order valence-electron chi connectivity index (χ3n) is 1.60. The van der Waals surface area contributed by atoms with Gasteiger partial charge in [-0.15, -0.1) is 0 Å². The van der Waals surface area contributed by atoms with Crippen molar-refractivity contribution in [2.24, 2.45) is 16.9 Å². The van der Waals surface area contributed by atoms with Gasteiger partial charge in [-0.05, 0) is 6.08 Å². The van der Waals surface area contributed by atoms with Crippen molar-refractivity contribution in [2.75, 3.05) is 0 Å². The molecule has 1 unspecified atom stereocenters. The Labute approximate surface area is 78.8 Å². The van der Waals surface area contributed by atoms with Gasteiger partial charge in [-0.25, -0.2) is 0 Å². The molecule has 1 aliphatic rings. The van der Waals surface area contributed by atoms with E-state index in [9.17, 15) is 4.79 Å². The molecule has 0 bridgehead atoms. The lowest BCUT2D eigenvalue weighted by Gasteiger charge is -2.14. The van der Waals surface area contributed by atoms with Gasteiger partial charge in [0.15, 0.2) is 0 Å². The maximum absolute atomic E-state index is 10.6. The molecular weight excluding hydrogens is 196 g/mol. The highest BCUT2D eigenvalue weighted by Crippen LogP contribution is 2.22. The van der Waals surface area contributed by atoms with Gasteiger partial charge in [0.25, 0.3) is 0 Å². The first-order chi connectivity index (χ1) is 6.07. The van der Waals surface area contributed by atoms with Gasteiger partial charge in [0.2, 0.25) is 0 Å². The monoisotopic (exact) mass is 202 g/mol. The van der Waals surface area contributed by atoms with E-state index in [1.54, 1.807) is 0 Å². The predicted molar refractivity (Wildman–Crippen MR) is 47.4 cm³/mol. The van der Waals surface area contributed by atoms with Gasteiger partial charge in [0.1, 0.15) is 22.4 Å². The summed E-state index contributed by atoms with van der Waals surface area (Å²) < 4.78 is 0. The fourth-order valence-electron chi connectivity index (χ4n) is 0.956. The Bertz CT molecular complexity index is 333. The minimum absolute atomic E-state index is 0.0471. The molecule has 0 aromatic rings. The van der Waals surface area contributed by atoms with Gasteiger partial charge < -0.3 is 16.1 Å². The molecule has 5 nitrogen and oxygen atoms in total. The number of hydrazone groups is 1. The highest BCUT2D eigenvalue weighted by Gasteiger charge is 2.28. The van der Waals surface area contributed by atoms with Gasteiger partial charge >= 0.3 is 5.97 Å². The number of aliphatic carboxylic acids is 1. The Kier molecular flexibility index (Phi) is 2.57. The van der Waals surface area contributed by atoms with Crippen LogP contribution < -0.4 is 5.84 Å². The van der Waals surface area contributed by atoms with Crippen LogP contribution in [0.4, 0.5) is 0 Å². The lowest BCUT2D eigenvalue weighted by atomic mass is 9.98. The number of carbonyl (C=O) groups is 1. The van der Waals surface area contributed by atoms with E-state index in [2.05, 4.69) is 5.10 Å². The molecule has 0 aromatic carbocycles. The summed E-state index contributed by atoms with van der Waals surface area (Å²) in [5.41, 5.74) is -0.0471. The maximum atomic E-state index is 10.6. The third-order valence-corrected chi connectivity index (χ3v) is 1.98. The summed E-state index contributed by atoms with van der Waals surface area (Å²) in [6.45, 7) is 0. The molecule has 0 heterocycles. The maximum Gasteiger partial charge on any atom is 0.316 e. The SMILES string of the molecule is NN=C1C(Cl)=C(O)C=CC1C(=O)O. The summed E-state index contributed by atoms with van der Waals surface area (Å²) in [5, 5.41) is 20.9. The fourth-order valence-corrected chi connectivity index (χ4v) is 1.19. The van der Waals surface area contributed by atoms with Crippen molar-refractivity contribution in [1.82, 2.24) is 0 Å².